The standard InChI is InChI=1S/C12H18N4O2/c1-3-18-12-5-4-11(13-14-12)16-8-6-15(7-9-16)10(2)17/h4-5H,3,6-9H2,1-2H3. The molecule has 2 heterocycles. The van der Waals surface area contributed by atoms with E-state index in [2.05, 4.69) is 15.1 Å². The van der Waals surface area contributed by atoms with E-state index in [1.54, 1.807) is 6.92 Å². The van der Waals surface area contributed by atoms with Gasteiger partial charge >= 0.3 is 0 Å². The first-order chi connectivity index (χ1) is 8.70. The van der Waals surface area contributed by atoms with Crippen LogP contribution < -0.4 is 9.64 Å². The molecule has 0 aliphatic carbocycles. The Morgan fingerprint density at radius 2 is 2.00 bits per heavy atom. The van der Waals surface area contributed by atoms with Crippen molar-refractivity contribution in [3.8, 4) is 5.88 Å². The van der Waals surface area contributed by atoms with Crippen LogP contribution in [-0.2, 0) is 4.79 Å². The summed E-state index contributed by atoms with van der Waals surface area (Å²) in [5.74, 6) is 1.51. The second-order valence-electron chi connectivity index (χ2n) is 4.16. The largest absolute Gasteiger partial charge is 0.477 e. The molecule has 1 amide bonds. The molecule has 98 valence electrons. The number of piperazine rings is 1. The van der Waals surface area contributed by atoms with Crippen LogP contribution in [0.3, 0.4) is 0 Å². The minimum atomic E-state index is 0.132. The van der Waals surface area contributed by atoms with Crippen molar-refractivity contribution in [2.45, 2.75) is 13.8 Å². The number of hydrogen-bond donors (Lipinski definition) is 0. The molecule has 1 fully saturated rings. The fourth-order valence-corrected chi connectivity index (χ4v) is 1.96. The molecule has 1 aliphatic heterocycles. The average molecular weight is 250 g/mol. The van der Waals surface area contributed by atoms with Crippen molar-refractivity contribution < 1.29 is 9.53 Å². The quantitative estimate of drug-likeness (QED) is 0.784. The molecule has 0 bridgehead atoms. The van der Waals surface area contributed by atoms with Gasteiger partial charge in [-0.1, -0.05) is 0 Å². The smallest absolute Gasteiger partial charge is 0.233 e. The van der Waals surface area contributed by atoms with Crippen molar-refractivity contribution in [3.05, 3.63) is 12.1 Å². The highest BCUT2D eigenvalue weighted by Crippen LogP contribution is 2.15. The van der Waals surface area contributed by atoms with Crippen LogP contribution >= 0.6 is 0 Å². The van der Waals surface area contributed by atoms with Gasteiger partial charge in [0, 0.05) is 39.2 Å². The van der Waals surface area contributed by atoms with E-state index in [4.69, 9.17) is 4.74 Å². The Bertz CT molecular complexity index is 399. The van der Waals surface area contributed by atoms with Gasteiger partial charge in [0.1, 0.15) is 0 Å². The highest BCUT2D eigenvalue weighted by molar-refractivity contribution is 5.73. The number of carbonyl (C=O) groups is 1. The van der Waals surface area contributed by atoms with Crippen molar-refractivity contribution >= 4 is 11.7 Å². The molecule has 1 aromatic heterocycles. The lowest BCUT2D eigenvalue weighted by molar-refractivity contribution is -0.129. The lowest BCUT2D eigenvalue weighted by atomic mass is 10.3. The Morgan fingerprint density at radius 3 is 2.50 bits per heavy atom. The van der Waals surface area contributed by atoms with Crippen LogP contribution in [0, 0.1) is 0 Å². The van der Waals surface area contributed by atoms with Crippen molar-refractivity contribution in [1.82, 2.24) is 15.1 Å². The summed E-state index contributed by atoms with van der Waals surface area (Å²) in [5, 5.41) is 8.14. The zero-order chi connectivity index (χ0) is 13.0. The third kappa shape index (κ3) is 2.88. The summed E-state index contributed by atoms with van der Waals surface area (Å²) < 4.78 is 5.25. The molecular formula is C12H18N4O2. The second-order valence-corrected chi connectivity index (χ2v) is 4.16. The van der Waals surface area contributed by atoms with E-state index in [-0.39, 0.29) is 5.91 Å². The lowest BCUT2D eigenvalue weighted by Gasteiger charge is -2.34. The third-order valence-electron chi connectivity index (χ3n) is 2.97. The van der Waals surface area contributed by atoms with Crippen molar-refractivity contribution in [3.63, 3.8) is 0 Å². The first-order valence-electron chi connectivity index (χ1n) is 6.17. The first kappa shape index (κ1) is 12.6. The summed E-state index contributed by atoms with van der Waals surface area (Å²) in [6.07, 6.45) is 0. The fourth-order valence-electron chi connectivity index (χ4n) is 1.96. The van der Waals surface area contributed by atoms with E-state index >= 15 is 0 Å². The third-order valence-corrected chi connectivity index (χ3v) is 2.97. The highest BCUT2D eigenvalue weighted by Gasteiger charge is 2.19. The van der Waals surface area contributed by atoms with E-state index in [0.717, 1.165) is 32.0 Å². The molecule has 2 rings (SSSR count). The van der Waals surface area contributed by atoms with Gasteiger partial charge in [-0.25, -0.2) is 0 Å². The van der Waals surface area contributed by atoms with Gasteiger partial charge in [0.25, 0.3) is 0 Å². The van der Waals surface area contributed by atoms with Gasteiger partial charge < -0.3 is 14.5 Å². The Labute approximate surface area is 107 Å². The lowest BCUT2D eigenvalue weighted by Crippen LogP contribution is -2.48. The molecule has 0 N–H and O–H groups in total. The van der Waals surface area contributed by atoms with E-state index < -0.39 is 0 Å². The summed E-state index contributed by atoms with van der Waals surface area (Å²) in [6, 6.07) is 3.73. The summed E-state index contributed by atoms with van der Waals surface area (Å²) in [6.45, 7) is 7.17. The van der Waals surface area contributed by atoms with Gasteiger partial charge in [-0.3, -0.25) is 4.79 Å². The van der Waals surface area contributed by atoms with Gasteiger partial charge in [-0.05, 0) is 13.0 Å². The normalized spacial score (nSPS) is 15.7. The average Bonchev–Trinajstić information content (AvgIpc) is 2.40. The molecule has 0 atom stereocenters. The molecule has 0 spiro atoms. The Hall–Kier alpha value is -1.85. The minimum absolute atomic E-state index is 0.132. The van der Waals surface area contributed by atoms with Crippen molar-refractivity contribution in [2.75, 3.05) is 37.7 Å². The van der Waals surface area contributed by atoms with Crippen LogP contribution in [0.15, 0.2) is 12.1 Å². The van der Waals surface area contributed by atoms with E-state index in [9.17, 15) is 4.79 Å². The number of amides is 1. The van der Waals surface area contributed by atoms with Crippen molar-refractivity contribution in [1.29, 1.82) is 0 Å². The monoisotopic (exact) mass is 250 g/mol. The number of anilines is 1. The molecule has 0 radical (unpaired) electrons. The Kier molecular flexibility index (Phi) is 3.96. The summed E-state index contributed by atoms with van der Waals surface area (Å²) in [5.41, 5.74) is 0. The second kappa shape index (κ2) is 5.66. The number of aromatic nitrogens is 2. The predicted molar refractivity (Wildman–Crippen MR) is 67.7 cm³/mol. The Balaban J connectivity index is 1.95. The number of ether oxygens (including phenoxy) is 1. The van der Waals surface area contributed by atoms with Crippen molar-refractivity contribution in [2.24, 2.45) is 0 Å². The van der Waals surface area contributed by atoms with Crippen LogP contribution in [0.25, 0.3) is 0 Å². The first-order valence-corrected chi connectivity index (χ1v) is 6.17. The zero-order valence-corrected chi connectivity index (χ0v) is 10.8. The van der Waals surface area contributed by atoms with Crippen LogP contribution in [0.1, 0.15) is 13.8 Å². The van der Waals surface area contributed by atoms with Gasteiger partial charge in [0.15, 0.2) is 5.82 Å². The topological polar surface area (TPSA) is 58.6 Å². The molecule has 0 unspecified atom stereocenters. The molecule has 0 saturated carbocycles. The van der Waals surface area contributed by atoms with Crippen LogP contribution in [0.4, 0.5) is 5.82 Å². The number of rotatable bonds is 3. The number of hydrogen-bond acceptors (Lipinski definition) is 5. The molecular weight excluding hydrogens is 232 g/mol. The van der Waals surface area contributed by atoms with E-state index in [1.807, 2.05) is 24.0 Å². The van der Waals surface area contributed by atoms with E-state index in [1.165, 1.54) is 0 Å². The van der Waals surface area contributed by atoms with Gasteiger partial charge in [-0.15, -0.1) is 10.2 Å². The molecule has 1 saturated heterocycles. The number of carbonyl (C=O) groups excluding carboxylic acids is 1. The summed E-state index contributed by atoms with van der Waals surface area (Å²) >= 11 is 0. The molecule has 6 heteroatoms. The minimum Gasteiger partial charge on any atom is -0.477 e. The molecule has 6 nitrogen and oxygen atoms in total. The maximum absolute atomic E-state index is 11.2. The molecule has 18 heavy (non-hydrogen) atoms. The maximum Gasteiger partial charge on any atom is 0.233 e. The zero-order valence-electron chi connectivity index (χ0n) is 10.8. The number of nitrogens with zero attached hydrogens (tertiary/aromatic N) is 4. The predicted octanol–water partition coefficient (Wildman–Crippen LogP) is 0.544. The van der Waals surface area contributed by atoms with Gasteiger partial charge in [0.05, 0.1) is 6.61 Å². The van der Waals surface area contributed by atoms with Crippen LogP contribution in [0.2, 0.25) is 0 Å². The Morgan fingerprint density at radius 1 is 1.28 bits per heavy atom. The van der Waals surface area contributed by atoms with E-state index in [0.29, 0.717) is 12.5 Å². The molecule has 1 aliphatic rings. The van der Waals surface area contributed by atoms with Crippen LogP contribution in [-0.4, -0.2) is 53.8 Å². The summed E-state index contributed by atoms with van der Waals surface area (Å²) in [7, 11) is 0. The summed E-state index contributed by atoms with van der Waals surface area (Å²) in [4.78, 5) is 15.2. The fraction of sp³-hybridized carbons (Fsp3) is 0.583. The van der Waals surface area contributed by atoms with Gasteiger partial charge in [-0.2, -0.15) is 0 Å². The maximum atomic E-state index is 11.2. The van der Waals surface area contributed by atoms with Crippen LogP contribution in [0.5, 0.6) is 5.88 Å². The molecule has 0 aromatic carbocycles. The SMILES string of the molecule is CCOc1ccc(N2CCN(C(C)=O)CC2)nn1. The highest BCUT2D eigenvalue weighted by atomic mass is 16.5. The van der Waals surface area contributed by atoms with Gasteiger partial charge in [0.2, 0.25) is 11.8 Å². The molecule has 1 aromatic rings.